The molecular formula is C16H13ClN2O5S. The Labute approximate surface area is 152 Å². The normalized spacial score (nSPS) is 10.2. The summed E-state index contributed by atoms with van der Waals surface area (Å²) >= 11 is 7.11. The van der Waals surface area contributed by atoms with Gasteiger partial charge in [-0.1, -0.05) is 11.6 Å². The molecule has 2 aromatic carbocycles. The van der Waals surface area contributed by atoms with Crippen LogP contribution in [0, 0.1) is 10.1 Å². The fourth-order valence-corrected chi connectivity index (χ4v) is 2.78. The molecule has 0 spiro atoms. The number of non-ortho nitro benzene ring substituents is 1. The van der Waals surface area contributed by atoms with E-state index in [1.165, 1.54) is 49.2 Å². The van der Waals surface area contributed by atoms with E-state index in [2.05, 4.69) is 10.1 Å². The number of nitrogens with zero attached hydrogens (tertiary/aromatic N) is 1. The summed E-state index contributed by atoms with van der Waals surface area (Å²) in [4.78, 5) is 34.6. The molecule has 1 amide bonds. The summed E-state index contributed by atoms with van der Waals surface area (Å²) in [5, 5.41) is 13.6. The van der Waals surface area contributed by atoms with Crippen molar-refractivity contribution in [3.63, 3.8) is 0 Å². The number of benzene rings is 2. The Balaban J connectivity index is 2.01. The molecule has 0 atom stereocenters. The van der Waals surface area contributed by atoms with E-state index >= 15 is 0 Å². The van der Waals surface area contributed by atoms with Gasteiger partial charge in [0, 0.05) is 22.1 Å². The van der Waals surface area contributed by atoms with Crippen molar-refractivity contribution in [1.29, 1.82) is 0 Å². The fourth-order valence-electron chi connectivity index (χ4n) is 1.91. The number of carbonyl (C=O) groups is 2. The van der Waals surface area contributed by atoms with E-state index in [0.29, 0.717) is 9.92 Å². The molecule has 0 saturated heterocycles. The van der Waals surface area contributed by atoms with E-state index < -0.39 is 10.9 Å². The highest BCUT2D eigenvalue weighted by Gasteiger charge is 2.15. The van der Waals surface area contributed by atoms with Gasteiger partial charge in [0.15, 0.2) is 0 Å². The maximum absolute atomic E-state index is 12.1. The summed E-state index contributed by atoms with van der Waals surface area (Å²) in [6, 6.07) is 10.3. The molecule has 1 N–H and O–H groups in total. The number of ether oxygens (including phenoxy) is 1. The third-order valence-corrected chi connectivity index (χ3v) is 4.33. The fraction of sp³-hybridized carbons (Fsp3) is 0.125. The first-order valence-electron chi connectivity index (χ1n) is 6.95. The average Bonchev–Trinajstić information content (AvgIpc) is 2.60. The van der Waals surface area contributed by atoms with E-state index in [4.69, 9.17) is 11.6 Å². The number of esters is 1. The van der Waals surface area contributed by atoms with Gasteiger partial charge in [-0.15, -0.1) is 11.8 Å². The molecule has 2 aromatic rings. The number of hydrogen-bond donors (Lipinski definition) is 1. The van der Waals surface area contributed by atoms with Crippen molar-refractivity contribution in [2.24, 2.45) is 0 Å². The Kier molecular flexibility index (Phi) is 6.37. The van der Waals surface area contributed by atoms with Gasteiger partial charge in [0.1, 0.15) is 0 Å². The zero-order chi connectivity index (χ0) is 18.4. The van der Waals surface area contributed by atoms with Gasteiger partial charge < -0.3 is 10.1 Å². The second-order valence-electron chi connectivity index (χ2n) is 4.77. The summed E-state index contributed by atoms with van der Waals surface area (Å²) in [5.74, 6) is -0.879. The highest BCUT2D eigenvalue weighted by molar-refractivity contribution is 8.00. The lowest BCUT2D eigenvalue weighted by atomic mass is 10.2. The van der Waals surface area contributed by atoms with Gasteiger partial charge in [-0.05, 0) is 30.3 Å². The van der Waals surface area contributed by atoms with Crippen molar-refractivity contribution in [1.82, 2.24) is 0 Å². The molecule has 9 heteroatoms. The minimum atomic E-state index is -0.588. The highest BCUT2D eigenvalue weighted by atomic mass is 35.5. The number of nitro benzene ring substituents is 1. The highest BCUT2D eigenvalue weighted by Crippen LogP contribution is 2.24. The molecule has 0 heterocycles. The lowest BCUT2D eigenvalue weighted by Gasteiger charge is -2.10. The van der Waals surface area contributed by atoms with Crippen molar-refractivity contribution in [3.05, 3.63) is 63.2 Å². The number of thioether (sulfide) groups is 1. The minimum Gasteiger partial charge on any atom is -0.465 e. The topological polar surface area (TPSA) is 98.5 Å². The van der Waals surface area contributed by atoms with Crippen molar-refractivity contribution < 1.29 is 19.2 Å². The zero-order valence-corrected chi connectivity index (χ0v) is 14.6. The molecule has 0 aliphatic carbocycles. The Morgan fingerprint density at radius 2 is 1.92 bits per heavy atom. The van der Waals surface area contributed by atoms with Crippen LogP contribution < -0.4 is 5.32 Å². The van der Waals surface area contributed by atoms with E-state index in [-0.39, 0.29) is 28.6 Å². The number of methoxy groups -OCH3 is 1. The lowest BCUT2D eigenvalue weighted by Crippen LogP contribution is -2.17. The Morgan fingerprint density at radius 1 is 1.24 bits per heavy atom. The predicted octanol–water partition coefficient (Wildman–Crippen LogP) is 3.77. The van der Waals surface area contributed by atoms with Gasteiger partial charge in [0.25, 0.3) is 5.69 Å². The standard InChI is InChI=1S/C16H13ClN2O5S/c1-24-16(21)13-7-2-10(17)8-14(13)18-15(20)9-25-12-5-3-11(4-6-12)19(22)23/h2-8H,9H2,1H3,(H,18,20). The minimum absolute atomic E-state index is 0.0181. The zero-order valence-electron chi connectivity index (χ0n) is 13.0. The second-order valence-corrected chi connectivity index (χ2v) is 6.25. The van der Waals surface area contributed by atoms with Crippen LogP contribution in [0.25, 0.3) is 0 Å². The Bertz CT molecular complexity index is 811. The molecule has 0 aromatic heterocycles. The van der Waals surface area contributed by atoms with Crippen LogP contribution in [0.2, 0.25) is 5.02 Å². The molecule has 25 heavy (non-hydrogen) atoms. The van der Waals surface area contributed by atoms with Crippen LogP contribution in [0.3, 0.4) is 0 Å². The van der Waals surface area contributed by atoms with Gasteiger partial charge >= 0.3 is 5.97 Å². The molecule has 0 bridgehead atoms. The first kappa shape index (κ1) is 18.8. The maximum Gasteiger partial charge on any atom is 0.339 e. The number of nitro groups is 1. The maximum atomic E-state index is 12.1. The van der Waals surface area contributed by atoms with Crippen LogP contribution in [-0.4, -0.2) is 29.7 Å². The monoisotopic (exact) mass is 380 g/mol. The Hall–Kier alpha value is -2.58. The molecular weight excluding hydrogens is 368 g/mol. The summed E-state index contributed by atoms with van der Waals surface area (Å²) in [7, 11) is 1.24. The molecule has 0 aliphatic rings. The van der Waals surface area contributed by atoms with Crippen LogP contribution in [0.4, 0.5) is 11.4 Å². The van der Waals surface area contributed by atoms with Gasteiger partial charge in [-0.3, -0.25) is 14.9 Å². The number of rotatable bonds is 6. The third kappa shape index (κ3) is 5.20. The molecule has 0 radical (unpaired) electrons. The number of hydrogen-bond acceptors (Lipinski definition) is 6. The van der Waals surface area contributed by atoms with Gasteiger partial charge in [0.2, 0.25) is 5.91 Å². The van der Waals surface area contributed by atoms with Crippen molar-refractivity contribution in [3.8, 4) is 0 Å². The van der Waals surface area contributed by atoms with Crippen LogP contribution >= 0.6 is 23.4 Å². The molecule has 0 fully saturated rings. The van der Waals surface area contributed by atoms with Gasteiger partial charge in [-0.25, -0.2) is 4.79 Å². The average molecular weight is 381 g/mol. The summed E-state index contributed by atoms with van der Waals surface area (Å²) in [6.07, 6.45) is 0. The van der Waals surface area contributed by atoms with Crippen LogP contribution in [-0.2, 0) is 9.53 Å². The van der Waals surface area contributed by atoms with E-state index in [1.54, 1.807) is 12.1 Å². The van der Waals surface area contributed by atoms with E-state index in [0.717, 1.165) is 0 Å². The van der Waals surface area contributed by atoms with E-state index in [9.17, 15) is 19.7 Å². The number of amides is 1. The number of carbonyl (C=O) groups excluding carboxylic acids is 2. The third-order valence-electron chi connectivity index (χ3n) is 3.08. The summed E-state index contributed by atoms with van der Waals surface area (Å²) in [5.41, 5.74) is 0.435. The number of nitrogens with one attached hydrogen (secondary N) is 1. The predicted molar refractivity (Wildman–Crippen MR) is 95.2 cm³/mol. The van der Waals surface area contributed by atoms with Crippen molar-refractivity contribution in [2.75, 3.05) is 18.2 Å². The van der Waals surface area contributed by atoms with Gasteiger partial charge in [0.05, 0.1) is 29.0 Å². The van der Waals surface area contributed by atoms with Gasteiger partial charge in [-0.2, -0.15) is 0 Å². The quantitative estimate of drug-likeness (QED) is 0.354. The summed E-state index contributed by atoms with van der Waals surface area (Å²) in [6.45, 7) is 0. The van der Waals surface area contributed by atoms with Crippen LogP contribution in [0.1, 0.15) is 10.4 Å². The first-order valence-corrected chi connectivity index (χ1v) is 8.32. The van der Waals surface area contributed by atoms with Crippen LogP contribution in [0.5, 0.6) is 0 Å². The Morgan fingerprint density at radius 3 is 2.52 bits per heavy atom. The molecule has 2 rings (SSSR count). The van der Waals surface area contributed by atoms with Crippen LogP contribution in [0.15, 0.2) is 47.4 Å². The molecule has 0 saturated carbocycles. The molecule has 0 aliphatic heterocycles. The molecule has 130 valence electrons. The summed E-state index contributed by atoms with van der Waals surface area (Å²) < 4.78 is 4.66. The molecule has 7 nitrogen and oxygen atoms in total. The second kappa shape index (κ2) is 8.50. The lowest BCUT2D eigenvalue weighted by molar-refractivity contribution is -0.384. The first-order chi connectivity index (χ1) is 11.9. The van der Waals surface area contributed by atoms with Crippen molar-refractivity contribution in [2.45, 2.75) is 4.90 Å². The van der Waals surface area contributed by atoms with Crippen molar-refractivity contribution >= 4 is 46.6 Å². The number of halogens is 1. The number of anilines is 1. The molecule has 0 unspecified atom stereocenters. The largest absolute Gasteiger partial charge is 0.465 e. The smallest absolute Gasteiger partial charge is 0.339 e. The van der Waals surface area contributed by atoms with E-state index in [1.807, 2.05) is 0 Å². The SMILES string of the molecule is COC(=O)c1ccc(Cl)cc1NC(=O)CSc1ccc([N+](=O)[O-])cc1.